The van der Waals surface area contributed by atoms with Gasteiger partial charge < -0.3 is 94.9 Å². The Bertz CT molecular complexity index is 2340. The Morgan fingerprint density at radius 2 is 0.951 bits per heavy atom. The van der Waals surface area contributed by atoms with Crippen molar-refractivity contribution in [2.24, 2.45) is 29.2 Å². The zero-order valence-electron chi connectivity index (χ0n) is 46.7. The molecule has 33 heteroatoms. The number of carboxylic acids is 4. The number of carbonyl (C=O) groups excluding carboxylic acids is 11. The lowest BCUT2D eigenvalue weighted by atomic mass is 9.96. The van der Waals surface area contributed by atoms with E-state index in [0.29, 0.717) is 0 Å². The molecule has 0 radical (unpaired) electrons. The lowest BCUT2D eigenvalue weighted by Crippen LogP contribution is -2.63. The summed E-state index contributed by atoms with van der Waals surface area (Å²) in [6.45, 7) is 8.85. The highest BCUT2D eigenvalue weighted by atomic mass is 16.4. The molecule has 1 aliphatic rings. The maximum Gasteiger partial charge on any atom is 0.326 e. The van der Waals surface area contributed by atoms with Crippen LogP contribution in [0.15, 0.2) is 0 Å². The molecule has 0 saturated carbocycles. The molecule has 0 unspecified atom stereocenters. The number of hydrogen-bond donors (Lipinski definition) is 17. The molecule has 82 heavy (non-hydrogen) atoms. The molecule has 19 N–H and O–H groups in total. The maximum absolute atomic E-state index is 14.3. The van der Waals surface area contributed by atoms with Crippen molar-refractivity contribution in [2.45, 2.75) is 179 Å². The summed E-state index contributed by atoms with van der Waals surface area (Å²) in [5.74, 6) is -20.2. The topological polar surface area (TPSA) is 541 Å². The Morgan fingerprint density at radius 3 is 1.38 bits per heavy atom. The molecular weight excluding hydrogens is 1090 g/mol. The van der Waals surface area contributed by atoms with E-state index in [1.54, 1.807) is 34.6 Å². The Labute approximate surface area is 471 Å². The van der Waals surface area contributed by atoms with Gasteiger partial charge in [0.25, 0.3) is 0 Å². The van der Waals surface area contributed by atoms with Gasteiger partial charge in [-0.2, -0.15) is 0 Å². The van der Waals surface area contributed by atoms with Crippen LogP contribution in [-0.2, 0) is 71.9 Å². The number of aliphatic carboxylic acids is 4. The molecule has 13 atom stereocenters. The summed E-state index contributed by atoms with van der Waals surface area (Å²) in [6, 6.07) is -16.7. The number of amides is 11. The second-order valence-corrected chi connectivity index (χ2v) is 20.1. The summed E-state index contributed by atoms with van der Waals surface area (Å²) in [7, 11) is 0. The van der Waals surface area contributed by atoms with Gasteiger partial charge in [-0.1, -0.05) is 54.4 Å². The summed E-state index contributed by atoms with van der Waals surface area (Å²) in [6.07, 6.45) is -5.27. The molecule has 33 nitrogen and oxygen atoms in total. The second-order valence-electron chi connectivity index (χ2n) is 20.1. The van der Waals surface area contributed by atoms with Gasteiger partial charge in [-0.05, 0) is 50.4 Å². The molecule has 1 fully saturated rings. The number of nitrogens with zero attached hydrogens (tertiary/aromatic N) is 1. The second kappa shape index (κ2) is 34.9. The van der Waals surface area contributed by atoms with Crippen molar-refractivity contribution in [1.82, 2.24) is 52.8 Å². The minimum absolute atomic E-state index is 0.00753. The van der Waals surface area contributed by atoms with E-state index in [4.69, 9.17) is 11.5 Å². The SMILES string of the molecule is CC[C@H](C)[C@H](NC(=O)[C@H](CO)NC(=O)[C@@H]1CCCN1C(=O)[C@@H](NC(=O)[C@@H](NC(=O)[C@@H](NC(=O)[C@H](CCC(=O)O)NC(=O)CN)[C@@H](C)CC)[C@@H](C)O)C(C)C)C(=O)N[C@@H](CC(=O)O)C(=O)N[C@@H](CC(=O)O)C(=O)N[C@@H](CCC(N)=O)C(=O)O. The summed E-state index contributed by atoms with van der Waals surface area (Å²) in [5, 5.41) is 79.3. The molecule has 0 aromatic heterocycles. The third kappa shape index (κ3) is 23.6. The molecule has 1 rings (SSSR count). The smallest absolute Gasteiger partial charge is 0.326 e. The zero-order chi connectivity index (χ0) is 62.9. The van der Waals surface area contributed by atoms with E-state index in [0.717, 1.165) is 11.8 Å². The molecular formula is C49H80N12O21. The van der Waals surface area contributed by atoms with Crippen LogP contribution in [0.3, 0.4) is 0 Å². The van der Waals surface area contributed by atoms with Crippen LogP contribution in [-0.4, -0.2) is 211 Å². The van der Waals surface area contributed by atoms with Crippen LogP contribution in [0.25, 0.3) is 0 Å². The third-order valence-electron chi connectivity index (χ3n) is 13.3. The van der Waals surface area contributed by atoms with Gasteiger partial charge in [0.2, 0.25) is 65.0 Å². The summed E-state index contributed by atoms with van der Waals surface area (Å²) < 4.78 is 0. The molecule has 11 amide bonds. The van der Waals surface area contributed by atoms with Gasteiger partial charge in [0.1, 0.15) is 60.4 Å². The van der Waals surface area contributed by atoms with E-state index in [-0.39, 0.29) is 38.6 Å². The first-order chi connectivity index (χ1) is 38.2. The Kier molecular flexibility index (Phi) is 30.6. The van der Waals surface area contributed by atoms with Gasteiger partial charge in [-0.15, -0.1) is 0 Å². The molecule has 0 aromatic carbocycles. The minimum atomic E-state index is -2.07. The number of carbonyl (C=O) groups is 15. The van der Waals surface area contributed by atoms with E-state index < -0.39 is 218 Å². The molecule has 0 aliphatic carbocycles. The quantitative estimate of drug-likeness (QED) is 0.0275. The van der Waals surface area contributed by atoms with Crippen molar-refractivity contribution in [3.63, 3.8) is 0 Å². The number of nitrogens with one attached hydrogen (secondary N) is 9. The van der Waals surface area contributed by atoms with Crippen molar-refractivity contribution >= 4 is 88.9 Å². The van der Waals surface area contributed by atoms with Crippen LogP contribution in [0.4, 0.5) is 0 Å². The molecule has 1 saturated heterocycles. The Morgan fingerprint density at radius 1 is 0.524 bits per heavy atom. The van der Waals surface area contributed by atoms with Gasteiger partial charge in [-0.25, -0.2) is 4.79 Å². The first-order valence-electron chi connectivity index (χ1n) is 26.4. The van der Waals surface area contributed by atoms with Crippen LogP contribution in [0.2, 0.25) is 0 Å². The monoisotopic (exact) mass is 1170 g/mol. The Balaban J connectivity index is 3.36. The average molecular weight is 1170 g/mol. The lowest BCUT2D eigenvalue weighted by molar-refractivity contribution is -0.145. The standard InChI is InChI=1S/C49H80N12O21/c1-8-22(5)37(45(77)55-28(18-35(70)71)42(74)54-27(17-34(68)69)41(73)53-26(49(81)82)12-14-31(51)64)59-43(75)29(20-62)56-44(76)30-11-10-16-61(30)48(80)36(21(3)4)57-47(79)39(24(7)63)60-46(78)38(23(6)9-2)58-40(72)25(13-15-33(66)67)52-32(65)19-50/h21-30,36-39,62-63H,8-20,50H2,1-7H3,(H2,51,64)(H,52,65)(H,53,73)(H,54,74)(H,55,77)(H,56,76)(H,57,79)(H,58,72)(H,59,75)(H,60,78)(H,66,67)(H,68,69)(H,70,71)(H,81,82)/t22-,23-,24+,25-,26-,27-,28-,29-,30-,36-,37-,38-,39-/m0/s1. The first-order valence-corrected chi connectivity index (χ1v) is 26.4. The van der Waals surface area contributed by atoms with E-state index in [9.17, 15) is 103 Å². The van der Waals surface area contributed by atoms with Gasteiger partial charge in [0.05, 0.1) is 32.1 Å². The lowest BCUT2D eigenvalue weighted by Gasteiger charge is -2.33. The predicted molar refractivity (Wildman–Crippen MR) is 281 cm³/mol. The predicted octanol–water partition coefficient (Wildman–Crippen LogP) is -6.42. The van der Waals surface area contributed by atoms with Crippen molar-refractivity contribution in [3.8, 4) is 0 Å². The van der Waals surface area contributed by atoms with Crippen molar-refractivity contribution in [2.75, 3.05) is 19.7 Å². The summed E-state index contributed by atoms with van der Waals surface area (Å²) in [5.41, 5.74) is 10.4. The van der Waals surface area contributed by atoms with Gasteiger partial charge >= 0.3 is 23.9 Å². The number of likely N-dealkylation sites (tertiary alicyclic amines) is 1. The molecule has 0 bridgehead atoms. The van der Waals surface area contributed by atoms with Gasteiger partial charge in [0.15, 0.2) is 0 Å². The third-order valence-corrected chi connectivity index (χ3v) is 13.3. The normalized spacial score (nSPS) is 17.4. The summed E-state index contributed by atoms with van der Waals surface area (Å²) >= 11 is 0. The zero-order valence-corrected chi connectivity index (χ0v) is 46.7. The number of hydrogen-bond acceptors (Lipinski definition) is 18. The highest BCUT2D eigenvalue weighted by molar-refractivity contribution is 6.00. The fourth-order valence-electron chi connectivity index (χ4n) is 8.17. The first kappa shape index (κ1) is 71.9. The number of primary amides is 1. The molecule has 1 heterocycles. The number of rotatable bonds is 37. The maximum atomic E-state index is 14.3. The molecule has 0 spiro atoms. The van der Waals surface area contributed by atoms with Crippen molar-refractivity contribution < 1.29 is 103 Å². The van der Waals surface area contributed by atoms with Crippen molar-refractivity contribution in [1.29, 1.82) is 0 Å². The Hall–Kier alpha value is -8.07. The highest BCUT2D eigenvalue weighted by Gasteiger charge is 2.43. The summed E-state index contributed by atoms with van der Waals surface area (Å²) in [4.78, 5) is 194. The van der Waals surface area contributed by atoms with Crippen LogP contribution >= 0.6 is 0 Å². The van der Waals surface area contributed by atoms with Crippen molar-refractivity contribution in [3.05, 3.63) is 0 Å². The largest absolute Gasteiger partial charge is 0.481 e. The molecule has 0 aromatic rings. The van der Waals surface area contributed by atoms with Crippen LogP contribution in [0.1, 0.15) is 113 Å². The van der Waals surface area contributed by atoms with E-state index in [1.165, 1.54) is 6.92 Å². The number of nitrogens with two attached hydrogens (primary N) is 2. The van der Waals surface area contributed by atoms with Gasteiger partial charge in [0, 0.05) is 19.4 Å². The fraction of sp³-hybridized carbons (Fsp3) is 0.694. The van der Waals surface area contributed by atoms with Gasteiger partial charge in [-0.3, -0.25) is 67.1 Å². The van der Waals surface area contributed by atoms with E-state index in [2.05, 4.69) is 37.2 Å². The van der Waals surface area contributed by atoms with Crippen LogP contribution in [0, 0.1) is 17.8 Å². The molecule has 462 valence electrons. The average Bonchev–Trinajstić information content (AvgIpc) is 3.94. The minimum Gasteiger partial charge on any atom is -0.481 e. The van der Waals surface area contributed by atoms with Crippen LogP contribution < -0.4 is 59.3 Å². The van der Waals surface area contributed by atoms with E-state index in [1.807, 2.05) is 10.6 Å². The highest BCUT2D eigenvalue weighted by Crippen LogP contribution is 2.22. The number of carboxylic acid groups (broad SMARTS) is 4. The molecule has 1 aliphatic heterocycles. The number of aliphatic hydroxyl groups excluding tert-OH is 2. The number of aliphatic hydroxyl groups is 2. The fourth-order valence-corrected chi connectivity index (χ4v) is 8.17. The van der Waals surface area contributed by atoms with E-state index >= 15 is 0 Å². The van der Waals surface area contributed by atoms with Crippen LogP contribution in [0.5, 0.6) is 0 Å².